The summed E-state index contributed by atoms with van der Waals surface area (Å²) in [6.07, 6.45) is 0. The minimum absolute atomic E-state index is 0.0402. The predicted molar refractivity (Wildman–Crippen MR) is 59.7 cm³/mol. The molecule has 1 N–H and O–H groups in total. The molecule has 80 valence electrons. The van der Waals surface area contributed by atoms with Crippen LogP contribution >= 0.6 is 22.9 Å². The van der Waals surface area contributed by atoms with E-state index in [1.54, 1.807) is 6.07 Å². The topological polar surface area (TPSA) is 46.2 Å². The van der Waals surface area contributed by atoms with Crippen LogP contribution in [0.25, 0.3) is 0 Å². The Bertz CT molecular complexity index is 397. The zero-order valence-electron chi connectivity index (χ0n) is 7.95. The fraction of sp³-hybridized carbons (Fsp3) is 0.500. The molecule has 6 heteroatoms. The fourth-order valence-electron chi connectivity index (χ4n) is 0.812. The SMILES string of the molecule is CC(C)NCS(=O)(=O)c1ccc(Cl)s1. The third-order valence-electron chi connectivity index (χ3n) is 1.54. The molecular weight excluding hydrogens is 242 g/mol. The minimum Gasteiger partial charge on any atom is -0.301 e. The highest BCUT2D eigenvalue weighted by atomic mass is 35.5. The monoisotopic (exact) mass is 253 g/mol. The van der Waals surface area contributed by atoms with Gasteiger partial charge in [-0.1, -0.05) is 11.6 Å². The fourth-order valence-corrected chi connectivity index (χ4v) is 3.65. The number of halogens is 1. The molecule has 0 spiro atoms. The van der Waals surface area contributed by atoms with Crippen molar-refractivity contribution in [2.75, 3.05) is 5.88 Å². The van der Waals surface area contributed by atoms with Gasteiger partial charge in [-0.3, -0.25) is 0 Å². The average Bonchev–Trinajstić information content (AvgIpc) is 2.49. The van der Waals surface area contributed by atoms with Gasteiger partial charge in [-0.2, -0.15) is 0 Å². The van der Waals surface area contributed by atoms with E-state index < -0.39 is 9.84 Å². The van der Waals surface area contributed by atoms with Crippen molar-refractivity contribution in [1.29, 1.82) is 0 Å². The number of rotatable bonds is 4. The van der Waals surface area contributed by atoms with Crippen LogP contribution < -0.4 is 5.32 Å². The molecule has 0 aliphatic heterocycles. The molecule has 0 fully saturated rings. The van der Waals surface area contributed by atoms with Crippen LogP contribution in [0.5, 0.6) is 0 Å². The lowest BCUT2D eigenvalue weighted by Crippen LogP contribution is -2.28. The van der Waals surface area contributed by atoms with Gasteiger partial charge >= 0.3 is 0 Å². The Morgan fingerprint density at radius 2 is 2.14 bits per heavy atom. The quantitative estimate of drug-likeness (QED) is 0.894. The van der Waals surface area contributed by atoms with E-state index in [0.717, 1.165) is 11.3 Å². The second-order valence-corrected chi connectivity index (χ2v) is 7.11. The molecule has 1 rings (SSSR count). The van der Waals surface area contributed by atoms with Crippen LogP contribution in [0.2, 0.25) is 4.34 Å². The number of hydrogen-bond acceptors (Lipinski definition) is 4. The van der Waals surface area contributed by atoms with E-state index in [-0.39, 0.29) is 11.9 Å². The first-order chi connectivity index (χ1) is 6.42. The molecule has 0 aliphatic carbocycles. The smallest absolute Gasteiger partial charge is 0.200 e. The molecule has 0 aliphatic rings. The van der Waals surface area contributed by atoms with E-state index in [2.05, 4.69) is 5.32 Å². The van der Waals surface area contributed by atoms with E-state index in [1.807, 2.05) is 13.8 Å². The molecule has 0 radical (unpaired) electrons. The number of sulfone groups is 1. The Hall–Kier alpha value is -0.100. The van der Waals surface area contributed by atoms with Crippen LogP contribution in [-0.4, -0.2) is 20.3 Å². The number of nitrogens with one attached hydrogen (secondary N) is 1. The molecule has 0 saturated carbocycles. The Morgan fingerprint density at radius 1 is 1.50 bits per heavy atom. The van der Waals surface area contributed by atoms with Gasteiger partial charge in [0.1, 0.15) is 10.1 Å². The first kappa shape index (κ1) is 12.0. The van der Waals surface area contributed by atoms with E-state index in [4.69, 9.17) is 11.6 Å². The van der Waals surface area contributed by atoms with Gasteiger partial charge in [0.2, 0.25) is 9.84 Å². The first-order valence-electron chi connectivity index (χ1n) is 4.13. The maximum absolute atomic E-state index is 11.6. The van der Waals surface area contributed by atoms with Crippen LogP contribution in [0, 0.1) is 0 Å². The van der Waals surface area contributed by atoms with Crippen LogP contribution in [-0.2, 0) is 9.84 Å². The Balaban J connectivity index is 2.76. The Labute approximate surface area is 93.0 Å². The summed E-state index contributed by atoms with van der Waals surface area (Å²) in [6, 6.07) is 3.28. The standard InChI is InChI=1S/C8H12ClNO2S2/c1-6(2)10-5-14(11,12)8-4-3-7(9)13-8/h3-4,6,10H,5H2,1-2H3. The summed E-state index contributed by atoms with van der Waals surface area (Å²) in [5, 5.41) is 2.87. The maximum Gasteiger partial charge on any atom is 0.200 e. The van der Waals surface area contributed by atoms with Crippen molar-refractivity contribution in [2.45, 2.75) is 24.1 Å². The second kappa shape index (κ2) is 4.61. The van der Waals surface area contributed by atoms with Crippen molar-refractivity contribution in [3.8, 4) is 0 Å². The minimum atomic E-state index is -3.21. The number of thiophene rings is 1. The third kappa shape index (κ3) is 3.24. The summed E-state index contributed by atoms with van der Waals surface area (Å²) >= 11 is 6.75. The molecule has 14 heavy (non-hydrogen) atoms. The summed E-state index contributed by atoms with van der Waals surface area (Å²) in [7, 11) is -3.21. The highest BCUT2D eigenvalue weighted by Gasteiger charge is 2.16. The third-order valence-corrected chi connectivity index (χ3v) is 4.87. The molecule has 1 heterocycles. The van der Waals surface area contributed by atoms with Crippen molar-refractivity contribution >= 4 is 32.8 Å². The lowest BCUT2D eigenvalue weighted by molar-refractivity contribution is 0.575. The van der Waals surface area contributed by atoms with Crippen molar-refractivity contribution in [1.82, 2.24) is 5.32 Å². The molecule has 0 amide bonds. The normalized spacial score (nSPS) is 12.3. The van der Waals surface area contributed by atoms with E-state index in [0.29, 0.717) is 8.55 Å². The second-order valence-electron chi connectivity index (χ2n) is 3.18. The van der Waals surface area contributed by atoms with E-state index in [1.165, 1.54) is 6.07 Å². The predicted octanol–water partition coefficient (Wildman–Crippen LogP) is 2.13. The van der Waals surface area contributed by atoms with Crippen LogP contribution in [0.1, 0.15) is 13.8 Å². The van der Waals surface area contributed by atoms with E-state index in [9.17, 15) is 8.42 Å². The Morgan fingerprint density at radius 3 is 2.57 bits per heavy atom. The molecule has 0 aromatic carbocycles. The number of hydrogen-bond donors (Lipinski definition) is 1. The first-order valence-corrected chi connectivity index (χ1v) is 6.98. The highest BCUT2D eigenvalue weighted by molar-refractivity contribution is 7.93. The summed E-state index contributed by atoms with van der Waals surface area (Å²) in [5.41, 5.74) is 0. The summed E-state index contributed by atoms with van der Waals surface area (Å²) in [4.78, 5) is 0. The van der Waals surface area contributed by atoms with Crippen molar-refractivity contribution in [3.05, 3.63) is 16.5 Å². The summed E-state index contributed by atoms with van der Waals surface area (Å²) in [5.74, 6) is -0.0402. The van der Waals surface area contributed by atoms with Gasteiger partial charge in [0.25, 0.3) is 0 Å². The molecule has 1 aromatic heterocycles. The van der Waals surface area contributed by atoms with Gasteiger partial charge in [0.15, 0.2) is 0 Å². The van der Waals surface area contributed by atoms with Crippen molar-refractivity contribution in [3.63, 3.8) is 0 Å². The lowest BCUT2D eigenvalue weighted by Gasteiger charge is -2.07. The summed E-state index contributed by atoms with van der Waals surface area (Å²) in [6.45, 7) is 3.80. The Kier molecular flexibility index (Phi) is 3.94. The molecule has 0 atom stereocenters. The van der Waals surface area contributed by atoms with Crippen LogP contribution in [0.3, 0.4) is 0 Å². The van der Waals surface area contributed by atoms with Gasteiger partial charge in [0, 0.05) is 6.04 Å². The van der Waals surface area contributed by atoms with Crippen molar-refractivity contribution in [2.24, 2.45) is 0 Å². The van der Waals surface area contributed by atoms with Gasteiger partial charge < -0.3 is 5.32 Å². The van der Waals surface area contributed by atoms with Crippen LogP contribution in [0.15, 0.2) is 16.3 Å². The lowest BCUT2D eigenvalue weighted by atomic mass is 10.4. The molecule has 0 saturated heterocycles. The van der Waals surface area contributed by atoms with E-state index >= 15 is 0 Å². The van der Waals surface area contributed by atoms with Gasteiger partial charge in [-0.25, -0.2) is 8.42 Å². The van der Waals surface area contributed by atoms with Gasteiger partial charge in [-0.05, 0) is 26.0 Å². The average molecular weight is 254 g/mol. The van der Waals surface area contributed by atoms with Gasteiger partial charge in [0.05, 0.1) is 4.34 Å². The molecule has 0 unspecified atom stereocenters. The van der Waals surface area contributed by atoms with Gasteiger partial charge in [-0.15, -0.1) is 11.3 Å². The van der Waals surface area contributed by atoms with Crippen LogP contribution in [0.4, 0.5) is 0 Å². The molecule has 1 aromatic rings. The highest BCUT2D eigenvalue weighted by Crippen LogP contribution is 2.25. The molecular formula is C8H12ClNO2S2. The zero-order chi connectivity index (χ0) is 10.8. The largest absolute Gasteiger partial charge is 0.301 e. The zero-order valence-corrected chi connectivity index (χ0v) is 10.3. The molecule has 0 bridgehead atoms. The summed E-state index contributed by atoms with van der Waals surface area (Å²) < 4.78 is 24.1. The maximum atomic E-state index is 11.6. The van der Waals surface area contributed by atoms with Crippen molar-refractivity contribution < 1.29 is 8.42 Å². The molecule has 3 nitrogen and oxygen atoms in total.